The average Bonchev–Trinajstić information content (AvgIpc) is 3.32. The first-order chi connectivity index (χ1) is 21.7. The molecule has 10 heteroatoms. The molecule has 0 amide bonds. The number of carbonyl (C=O) groups is 3. The molecule has 0 saturated heterocycles. The normalized spacial score (nSPS) is 12.9. The fourth-order valence-electron chi connectivity index (χ4n) is 4.68. The number of rotatable bonds is 16. The number of aliphatic hydroxyl groups is 1. The van der Waals surface area contributed by atoms with Gasteiger partial charge in [0, 0.05) is 22.8 Å². The molecule has 0 aromatic heterocycles. The van der Waals surface area contributed by atoms with Crippen LogP contribution in [0.1, 0.15) is 53.6 Å². The Labute approximate surface area is 265 Å². The maximum Gasteiger partial charge on any atom is 0.366 e. The Morgan fingerprint density at radius 1 is 0.778 bits per heavy atom. The van der Waals surface area contributed by atoms with Crippen molar-refractivity contribution in [2.24, 2.45) is 0 Å². The zero-order valence-corrected chi connectivity index (χ0v) is 25.8. The molecule has 3 aromatic carbocycles. The Morgan fingerprint density at radius 2 is 1.36 bits per heavy atom. The van der Waals surface area contributed by atoms with Crippen molar-refractivity contribution in [3.63, 3.8) is 0 Å². The van der Waals surface area contributed by atoms with Gasteiger partial charge in [-0.2, -0.15) is 4.39 Å². The summed E-state index contributed by atoms with van der Waals surface area (Å²) in [7, 11) is 0. The highest BCUT2D eigenvalue weighted by atomic mass is 32.2. The van der Waals surface area contributed by atoms with Crippen LogP contribution in [-0.2, 0) is 19.1 Å². The largest absolute Gasteiger partial charge is 0.494 e. The van der Waals surface area contributed by atoms with Gasteiger partial charge in [0.15, 0.2) is 0 Å². The summed E-state index contributed by atoms with van der Waals surface area (Å²) in [6.45, 7) is 9.04. The van der Waals surface area contributed by atoms with Gasteiger partial charge in [0.1, 0.15) is 11.5 Å². The zero-order chi connectivity index (χ0) is 32.3. The molecule has 0 aliphatic heterocycles. The quantitative estimate of drug-likeness (QED) is 0.0788. The summed E-state index contributed by atoms with van der Waals surface area (Å²) < 4.78 is 33.9. The van der Waals surface area contributed by atoms with E-state index in [-0.39, 0.29) is 36.4 Å². The first-order valence-corrected chi connectivity index (χ1v) is 15.3. The van der Waals surface area contributed by atoms with Gasteiger partial charge >= 0.3 is 11.9 Å². The van der Waals surface area contributed by atoms with Crippen LogP contribution >= 0.6 is 11.8 Å². The zero-order valence-electron chi connectivity index (χ0n) is 25.0. The molecule has 1 aliphatic rings. The van der Waals surface area contributed by atoms with Crippen molar-refractivity contribution in [1.29, 1.82) is 0 Å². The summed E-state index contributed by atoms with van der Waals surface area (Å²) in [5, 5.41) is 8.82. The minimum Gasteiger partial charge on any atom is -0.494 e. The van der Waals surface area contributed by atoms with Crippen LogP contribution in [0.15, 0.2) is 90.1 Å². The number of hydrogen-bond acceptors (Lipinski definition) is 9. The summed E-state index contributed by atoms with van der Waals surface area (Å²) >= 11 is 1.16. The number of halogens is 1. The van der Waals surface area contributed by atoms with E-state index >= 15 is 0 Å². The van der Waals surface area contributed by atoms with Crippen molar-refractivity contribution in [3.05, 3.63) is 102 Å². The van der Waals surface area contributed by atoms with E-state index in [9.17, 15) is 18.8 Å². The van der Waals surface area contributed by atoms with Crippen LogP contribution in [0, 0.1) is 0 Å². The predicted octanol–water partition coefficient (Wildman–Crippen LogP) is 6.80. The molecule has 0 bridgehead atoms. The lowest BCUT2D eigenvalue weighted by atomic mass is 9.99. The number of benzene rings is 3. The Balaban J connectivity index is 1.25. The molecule has 1 aliphatic carbocycles. The number of fused-ring (bicyclic) bond motifs is 3. The fourth-order valence-corrected chi connectivity index (χ4v) is 5.47. The second-order valence-corrected chi connectivity index (χ2v) is 11.4. The van der Waals surface area contributed by atoms with Gasteiger partial charge in [-0.1, -0.05) is 32.2 Å². The smallest absolute Gasteiger partial charge is 0.366 e. The highest BCUT2D eigenvalue weighted by Crippen LogP contribution is 2.47. The van der Waals surface area contributed by atoms with Gasteiger partial charge in [-0.05, 0) is 95.4 Å². The van der Waals surface area contributed by atoms with Crippen LogP contribution < -0.4 is 9.47 Å². The van der Waals surface area contributed by atoms with Gasteiger partial charge in [-0.3, -0.25) is 4.79 Å². The first kappa shape index (κ1) is 33.5. The third-order valence-electron chi connectivity index (χ3n) is 7.10. The predicted molar refractivity (Wildman–Crippen MR) is 169 cm³/mol. The minimum atomic E-state index is -1.13. The number of ether oxygens (including phenoxy) is 4. The molecular formula is C35H35FO8S. The molecule has 0 heterocycles. The van der Waals surface area contributed by atoms with Gasteiger partial charge in [-0.25, -0.2) is 9.59 Å². The Hall–Kier alpha value is -4.41. The number of esters is 2. The topological polar surface area (TPSA) is 108 Å². The fraction of sp³-hybridized carbons (Fsp3) is 0.286. The van der Waals surface area contributed by atoms with Crippen LogP contribution in [0.4, 0.5) is 4.39 Å². The summed E-state index contributed by atoms with van der Waals surface area (Å²) in [4.78, 5) is 36.4. The molecule has 0 saturated carbocycles. The molecule has 1 atom stereocenters. The van der Waals surface area contributed by atoms with Gasteiger partial charge in [0.2, 0.25) is 10.9 Å². The number of hydrogen-bond donors (Lipinski definition) is 1. The summed E-state index contributed by atoms with van der Waals surface area (Å²) in [6, 6.07) is 19.0. The lowest BCUT2D eigenvalue weighted by molar-refractivity contribution is -0.141. The molecule has 8 nitrogen and oxygen atoms in total. The van der Waals surface area contributed by atoms with E-state index in [4.69, 9.17) is 19.3 Å². The Morgan fingerprint density at radius 3 is 2.07 bits per heavy atom. The third-order valence-corrected chi connectivity index (χ3v) is 8.01. The number of unbranched alkanes of at least 4 members (excludes halogenated alkanes) is 1. The summed E-state index contributed by atoms with van der Waals surface area (Å²) in [5.74, 6) is -1.34. The highest BCUT2D eigenvalue weighted by molar-refractivity contribution is 8.14. The van der Waals surface area contributed by atoms with Crippen LogP contribution in [0.25, 0.3) is 11.1 Å². The molecular weight excluding hydrogens is 599 g/mol. The van der Waals surface area contributed by atoms with Crippen LogP contribution in [0.3, 0.4) is 0 Å². The van der Waals surface area contributed by atoms with E-state index in [1.807, 2.05) is 12.1 Å². The molecule has 0 spiro atoms. The molecule has 3 aromatic rings. The van der Waals surface area contributed by atoms with E-state index in [0.717, 1.165) is 44.7 Å². The molecule has 45 heavy (non-hydrogen) atoms. The molecule has 236 valence electrons. The molecule has 0 fully saturated rings. The van der Waals surface area contributed by atoms with Crippen molar-refractivity contribution < 1.29 is 42.8 Å². The van der Waals surface area contributed by atoms with Gasteiger partial charge in [0.05, 0.1) is 38.6 Å². The monoisotopic (exact) mass is 634 g/mol. The van der Waals surface area contributed by atoms with Crippen molar-refractivity contribution in [2.45, 2.75) is 37.0 Å². The van der Waals surface area contributed by atoms with Crippen molar-refractivity contribution >= 4 is 28.8 Å². The van der Waals surface area contributed by atoms with E-state index in [1.165, 1.54) is 0 Å². The molecule has 0 radical (unpaired) electrons. The van der Waals surface area contributed by atoms with E-state index < -0.39 is 24.4 Å². The van der Waals surface area contributed by atoms with E-state index in [0.29, 0.717) is 37.2 Å². The van der Waals surface area contributed by atoms with Crippen LogP contribution in [0.5, 0.6) is 11.5 Å². The molecule has 1 N–H and O–H groups in total. The SMILES string of the molecule is C=C(F)C(=O)OCCCOc1ccc(C(=O)Sc2ccc3c(c2)C(C)c2cc(OCCCCOC(=O)C(=C)CO)ccc2-3)cc1. The maximum atomic E-state index is 13.0. The minimum absolute atomic E-state index is 0.0146. The second-order valence-electron chi connectivity index (χ2n) is 10.3. The lowest BCUT2D eigenvalue weighted by Crippen LogP contribution is -2.11. The lowest BCUT2D eigenvalue weighted by Gasteiger charge is -2.11. The summed E-state index contributed by atoms with van der Waals surface area (Å²) in [5.41, 5.74) is 5.17. The first-order valence-electron chi connectivity index (χ1n) is 14.5. The summed E-state index contributed by atoms with van der Waals surface area (Å²) in [6.07, 6.45) is 1.72. The van der Waals surface area contributed by atoms with Gasteiger partial charge in [0.25, 0.3) is 0 Å². The highest BCUT2D eigenvalue weighted by Gasteiger charge is 2.26. The average molecular weight is 635 g/mol. The van der Waals surface area contributed by atoms with Crippen LogP contribution in [-0.4, -0.2) is 55.2 Å². The number of thioether (sulfide) groups is 1. The maximum absolute atomic E-state index is 13.0. The van der Waals surface area contributed by atoms with Crippen molar-refractivity contribution in [2.75, 3.05) is 33.0 Å². The number of aliphatic hydroxyl groups excluding tert-OH is 1. The number of carbonyl (C=O) groups excluding carboxylic acids is 3. The van der Waals surface area contributed by atoms with E-state index in [2.05, 4.69) is 49.1 Å². The van der Waals surface area contributed by atoms with Crippen molar-refractivity contribution in [1.82, 2.24) is 0 Å². The standard InChI is InChI=1S/C35H35FO8S/c1-22(21-37)33(38)43-16-5-4-15-42-27-11-13-29-30-14-12-28(20-32(30)23(2)31(29)19-27)45-35(40)25-7-9-26(10-8-25)41-17-6-18-44-34(39)24(3)36/h7-14,19-20,23,37H,1,3-6,15-18,21H2,2H3. The molecule has 1 unspecified atom stereocenters. The van der Waals surface area contributed by atoms with E-state index in [1.54, 1.807) is 24.3 Å². The Kier molecular flexibility index (Phi) is 11.9. The second kappa shape index (κ2) is 16.1. The van der Waals surface area contributed by atoms with Crippen molar-refractivity contribution in [3.8, 4) is 22.6 Å². The molecule has 4 rings (SSSR count). The Bertz CT molecular complexity index is 1570. The van der Waals surface area contributed by atoms with Gasteiger partial charge in [-0.15, -0.1) is 0 Å². The van der Waals surface area contributed by atoms with Gasteiger partial charge < -0.3 is 24.1 Å². The van der Waals surface area contributed by atoms with Crippen LogP contribution in [0.2, 0.25) is 0 Å². The third kappa shape index (κ3) is 9.06.